The SMILES string of the molecule is CCOC(=O)[C@@H]1CCCN(c2ncc(C(=O)O)cc2NS(=O)(=O)c2ccc(C(C)C)cc2)C1. The molecule has 2 N–H and O–H groups in total. The highest BCUT2D eigenvalue weighted by Crippen LogP contribution is 2.31. The van der Waals surface area contributed by atoms with Gasteiger partial charge in [-0.2, -0.15) is 0 Å². The van der Waals surface area contributed by atoms with Crippen LogP contribution in [0.15, 0.2) is 41.4 Å². The standard InChI is InChI=1S/C23H29N3O6S/c1-4-32-23(29)17-6-5-11-26(14-17)21-20(12-18(13-24-21)22(27)28)25-33(30,31)19-9-7-16(8-10-19)15(2)3/h7-10,12-13,15,17,25H,4-6,11,14H2,1-3H3,(H,27,28)/t17-/m1/s1. The molecule has 33 heavy (non-hydrogen) atoms. The minimum absolute atomic E-state index is 0.0485. The molecule has 0 spiro atoms. The first-order chi connectivity index (χ1) is 15.6. The number of aromatic carboxylic acids is 1. The highest BCUT2D eigenvalue weighted by molar-refractivity contribution is 7.92. The Balaban J connectivity index is 1.94. The van der Waals surface area contributed by atoms with Crippen molar-refractivity contribution in [2.45, 2.75) is 44.4 Å². The molecule has 0 amide bonds. The van der Waals surface area contributed by atoms with Gasteiger partial charge < -0.3 is 14.7 Å². The van der Waals surface area contributed by atoms with Crippen molar-refractivity contribution in [2.24, 2.45) is 5.92 Å². The normalized spacial score (nSPS) is 16.5. The van der Waals surface area contributed by atoms with Crippen molar-refractivity contribution in [3.63, 3.8) is 0 Å². The molecule has 0 unspecified atom stereocenters. The number of pyridine rings is 1. The number of carboxylic acids is 1. The first-order valence-electron chi connectivity index (χ1n) is 10.9. The van der Waals surface area contributed by atoms with Crippen LogP contribution in [0.5, 0.6) is 0 Å². The van der Waals surface area contributed by atoms with E-state index in [-0.39, 0.29) is 46.4 Å². The second kappa shape index (κ2) is 10.2. The third-order valence-corrected chi connectivity index (χ3v) is 6.94. The lowest BCUT2D eigenvalue weighted by Gasteiger charge is -2.33. The van der Waals surface area contributed by atoms with Crippen LogP contribution in [0.25, 0.3) is 0 Å². The fourth-order valence-electron chi connectivity index (χ4n) is 3.76. The van der Waals surface area contributed by atoms with Gasteiger partial charge in [-0.3, -0.25) is 9.52 Å². The number of aromatic nitrogens is 1. The van der Waals surface area contributed by atoms with Gasteiger partial charge in [0.15, 0.2) is 5.82 Å². The zero-order valence-corrected chi connectivity index (χ0v) is 19.8. The first-order valence-corrected chi connectivity index (χ1v) is 12.4. The van der Waals surface area contributed by atoms with E-state index in [2.05, 4.69) is 9.71 Å². The zero-order valence-electron chi connectivity index (χ0n) is 18.9. The molecular formula is C23H29N3O6S. The smallest absolute Gasteiger partial charge is 0.337 e. The lowest BCUT2D eigenvalue weighted by molar-refractivity contribution is -0.148. The molecule has 1 aromatic heterocycles. The molecule has 178 valence electrons. The largest absolute Gasteiger partial charge is 0.478 e. The number of nitrogens with one attached hydrogen (secondary N) is 1. The van der Waals surface area contributed by atoms with E-state index >= 15 is 0 Å². The van der Waals surface area contributed by atoms with Crippen LogP contribution in [0.4, 0.5) is 11.5 Å². The van der Waals surface area contributed by atoms with E-state index in [1.165, 1.54) is 24.4 Å². The Kier molecular flexibility index (Phi) is 7.57. The lowest BCUT2D eigenvalue weighted by atomic mass is 9.98. The second-order valence-corrected chi connectivity index (χ2v) is 9.95. The molecular weight excluding hydrogens is 446 g/mol. The third-order valence-electron chi connectivity index (χ3n) is 5.56. The lowest BCUT2D eigenvalue weighted by Crippen LogP contribution is -2.40. The molecule has 2 heterocycles. The fourth-order valence-corrected chi connectivity index (χ4v) is 4.81. The van der Waals surface area contributed by atoms with Gasteiger partial charge >= 0.3 is 11.9 Å². The number of nitrogens with zero attached hydrogens (tertiary/aromatic N) is 2. The van der Waals surface area contributed by atoms with Crippen LogP contribution in [0.1, 0.15) is 55.5 Å². The summed E-state index contributed by atoms with van der Waals surface area (Å²) in [6.07, 6.45) is 2.53. The predicted molar refractivity (Wildman–Crippen MR) is 124 cm³/mol. The molecule has 1 aliphatic heterocycles. The highest BCUT2D eigenvalue weighted by Gasteiger charge is 2.30. The van der Waals surface area contributed by atoms with Gasteiger partial charge in [0.05, 0.1) is 28.7 Å². The Morgan fingerprint density at radius 3 is 2.58 bits per heavy atom. The van der Waals surface area contributed by atoms with Gasteiger partial charge in [-0.1, -0.05) is 26.0 Å². The summed E-state index contributed by atoms with van der Waals surface area (Å²) in [5.74, 6) is -1.37. The summed E-state index contributed by atoms with van der Waals surface area (Å²) in [7, 11) is -4.00. The van der Waals surface area contributed by atoms with Crippen molar-refractivity contribution in [3.8, 4) is 0 Å². The van der Waals surface area contributed by atoms with E-state index < -0.39 is 16.0 Å². The molecule has 1 atom stereocenters. The third kappa shape index (κ3) is 5.81. The summed E-state index contributed by atoms with van der Waals surface area (Å²) in [6.45, 7) is 6.90. The van der Waals surface area contributed by atoms with Gasteiger partial charge in [-0.15, -0.1) is 0 Å². The van der Waals surface area contributed by atoms with E-state index in [9.17, 15) is 23.1 Å². The molecule has 2 aromatic rings. The van der Waals surface area contributed by atoms with Crippen LogP contribution in [0, 0.1) is 5.92 Å². The van der Waals surface area contributed by atoms with Gasteiger partial charge in [-0.05, 0) is 49.4 Å². The predicted octanol–water partition coefficient (Wildman–Crippen LogP) is 3.48. The minimum Gasteiger partial charge on any atom is -0.478 e. The number of ether oxygens (including phenoxy) is 1. The number of carbonyl (C=O) groups is 2. The van der Waals surface area contributed by atoms with Crippen LogP contribution in [-0.4, -0.2) is 50.1 Å². The molecule has 0 saturated carbocycles. The summed E-state index contributed by atoms with van der Waals surface area (Å²) >= 11 is 0. The number of esters is 1. The summed E-state index contributed by atoms with van der Waals surface area (Å²) in [5, 5.41) is 9.39. The maximum Gasteiger partial charge on any atom is 0.337 e. The number of hydrogen-bond donors (Lipinski definition) is 2. The number of hydrogen-bond acceptors (Lipinski definition) is 7. The van der Waals surface area contributed by atoms with E-state index in [1.54, 1.807) is 24.0 Å². The van der Waals surface area contributed by atoms with Crippen molar-refractivity contribution < 1.29 is 27.9 Å². The van der Waals surface area contributed by atoms with Gasteiger partial charge in [0.1, 0.15) is 0 Å². The minimum atomic E-state index is -4.00. The van der Waals surface area contributed by atoms with Crippen molar-refractivity contribution in [2.75, 3.05) is 29.3 Å². The molecule has 10 heteroatoms. The van der Waals surface area contributed by atoms with E-state index in [0.717, 1.165) is 5.56 Å². The number of anilines is 2. The summed E-state index contributed by atoms with van der Waals surface area (Å²) in [6, 6.07) is 7.78. The average molecular weight is 476 g/mol. The molecule has 1 saturated heterocycles. The van der Waals surface area contributed by atoms with Gasteiger partial charge in [0.25, 0.3) is 10.0 Å². The van der Waals surface area contributed by atoms with E-state index in [4.69, 9.17) is 4.74 Å². The first kappa shape index (κ1) is 24.5. The monoisotopic (exact) mass is 475 g/mol. The van der Waals surface area contributed by atoms with Crippen molar-refractivity contribution in [1.82, 2.24) is 4.98 Å². The van der Waals surface area contributed by atoms with Crippen LogP contribution < -0.4 is 9.62 Å². The summed E-state index contributed by atoms with van der Waals surface area (Å²) in [4.78, 5) is 29.8. The van der Waals surface area contributed by atoms with Crippen molar-refractivity contribution in [3.05, 3.63) is 47.7 Å². The van der Waals surface area contributed by atoms with Crippen LogP contribution in [0.2, 0.25) is 0 Å². The van der Waals surface area contributed by atoms with Crippen LogP contribution in [0.3, 0.4) is 0 Å². The molecule has 9 nitrogen and oxygen atoms in total. The number of sulfonamides is 1. The van der Waals surface area contributed by atoms with Crippen molar-refractivity contribution >= 4 is 33.5 Å². The Bertz CT molecular complexity index is 1120. The van der Waals surface area contributed by atoms with Crippen LogP contribution in [-0.2, 0) is 19.6 Å². The molecule has 0 bridgehead atoms. The van der Waals surface area contributed by atoms with Gasteiger partial charge in [-0.25, -0.2) is 18.2 Å². The maximum absolute atomic E-state index is 13.1. The Morgan fingerprint density at radius 2 is 1.97 bits per heavy atom. The quantitative estimate of drug-likeness (QED) is 0.556. The maximum atomic E-state index is 13.1. The fraction of sp³-hybridized carbons (Fsp3) is 0.435. The molecule has 0 aliphatic carbocycles. The molecule has 1 aromatic carbocycles. The summed E-state index contributed by atoms with van der Waals surface area (Å²) < 4.78 is 33.8. The Morgan fingerprint density at radius 1 is 1.27 bits per heavy atom. The molecule has 1 fully saturated rings. The van der Waals surface area contributed by atoms with E-state index in [1.807, 2.05) is 13.8 Å². The molecule has 0 radical (unpaired) electrons. The zero-order chi connectivity index (χ0) is 24.2. The number of benzene rings is 1. The molecule has 3 rings (SSSR count). The highest BCUT2D eigenvalue weighted by atomic mass is 32.2. The number of piperidine rings is 1. The van der Waals surface area contributed by atoms with Crippen molar-refractivity contribution in [1.29, 1.82) is 0 Å². The Labute approximate surface area is 193 Å². The number of carboxylic acid groups (broad SMARTS) is 1. The Hall–Kier alpha value is -3.14. The van der Waals surface area contributed by atoms with Gasteiger partial charge in [0.2, 0.25) is 0 Å². The van der Waals surface area contributed by atoms with Crippen LogP contribution >= 0.6 is 0 Å². The van der Waals surface area contributed by atoms with Gasteiger partial charge in [0, 0.05) is 19.3 Å². The second-order valence-electron chi connectivity index (χ2n) is 8.27. The number of rotatable bonds is 8. The topological polar surface area (TPSA) is 126 Å². The average Bonchev–Trinajstić information content (AvgIpc) is 2.79. The van der Waals surface area contributed by atoms with E-state index in [0.29, 0.717) is 25.9 Å². The molecule has 1 aliphatic rings. The summed E-state index contributed by atoms with van der Waals surface area (Å²) in [5.41, 5.74) is 0.903. The number of carbonyl (C=O) groups excluding carboxylic acids is 1.